The van der Waals surface area contributed by atoms with Gasteiger partial charge in [-0.2, -0.15) is 0 Å². The molecule has 6 atom stereocenters. The van der Waals surface area contributed by atoms with Crippen LogP contribution in [0.1, 0.15) is 85.1 Å². The predicted octanol–water partition coefficient (Wildman–Crippen LogP) is 4.98. The number of hydrogen-bond acceptors (Lipinski definition) is 3. The van der Waals surface area contributed by atoms with E-state index < -0.39 is 11.4 Å². The lowest BCUT2D eigenvalue weighted by molar-refractivity contribution is -0.177. The van der Waals surface area contributed by atoms with Gasteiger partial charge in [-0.25, -0.2) is 0 Å². The zero-order valence-electron chi connectivity index (χ0n) is 20.7. The summed E-state index contributed by atoms with van der Waals surface area (Å²) in [7, 11) is 0. The van der Waals surface area contributed by atoms with Crippen LogP contribution in [0.4, 0.5) is 0 Å². The van der Waals surface area contributed by atoms with Crippen molar-refractivity contribution < 1.29 is 20.1 Å². The molecular weight excluding hydrogens is 412 g/mol. The van der Waals surface area contributed by atoms with Crippen LogP contribution in [0, 0.1) is 27.6 Å². The molecule has 0 aliphatic heterocycles. The van der Waals surface area contributed by atoms with Gasteiger partial charge in [0.2, 0.25) is 0 Å². The van der Waals surface area contributed by atoms with Crippen LogP contribution in [0.25, 0.3) is 12.7 Å². The van der Waals surface area contributed by atoms with E-state index in [4.69, 9.17) is 0 Å². The number of fused-ring (bicyclic) bond motifs is 7. The maximum atomic E-state index is 12.2. The van der Waals surface area contributed by atoms with Gasteiger partial charge < -0.3 is 15.3 Å². The van der Waals surface area contributed by atoms with E-state index in [0.29, 0.717) is 11.1 Å². The van der Waals surface area contributed by atoms with Crippen LogP contribution in [0.3, 0.4) is 0 Å². The SMILES string of the molecule is C=c1c(O)c(O)cc2c1=CC=C1C2(C)CC[C@@]2(C)C3C[C@](C)(C(=O)O)CCC3(C)CCC12C. The number of carboxylic acid groups (broad SMARTS) is 1. The second-order valence-corrected chi connectivity index (χ2v) is 12.8. The molecule has 4 heteroatoms. The van der Waals surface area contributed by atoms with Gasteiger partial charge in [-0.15, -0.1) is 0 Å². The molecular formula is C29H38O4. The van der Waals surface area contributed by atoms with E-state index >= 15 is 0 Å². The van der Waals surface area contributed by atoms with Crippen LogP contribution < -0.4 is 10.4 Å². The van der Waals surface area contributed by atoms with Gasteiger partial charge in [0, 0.05) is 10.6 Å². The Morgan fingerprint density at radius 1 is 0.970 bits per heavy atom. The van der Waals surface area contributed by atoms with Crippen molar-refractivity contribution in [2.45, 2.75) is 85.0 Å². The smallest absolute Gasteiger partial charge is 0.309 e. The van der Waals surface area contributed by atoms with E-state index in [1.807, 2.05) is 6.92 Å². The van der Waals surface area contributed by atoms with Crippen molar-refractivity contribution in [1.82, 2.24) is 0 Å². The lowest BCUT2D eigenvalue weighted by Gasteiger charge is -2.69. The number of rotatable bonds is 1. The number of phenolic OH excluding ortho intramolecular Hbond substituents is 2. The Morgan fingerprint density at radius 3 is 2.30 bits per heavy atom. The summed E-state index contributed by atoms with van der Waals surface area (Å²) in [5, 5.41) is 32.2. The molecule has 3 fully saturated rings. The molecule has 0 amide bonds. The summed E-state index contributed by atoms with van der Waals surface area (Å²) in [4.78, 5) is 12.2. The number of carboxylic acids is 1. The fourth-order valence-corrected chi connectivity index (χ4v) is 8.56. The van der Waals surface area contributed by atoms with Gasteiger partial charge in [-0.1, -0.05) is 52.0 Å². The number of carbonyl (C=O) groups is 1. The van der Waals surface area contributed by atoms with Crippen molar-refractivity contribution >= 4 is 18.6 Å². The van der Waals surface area contributed by atoms with Crippen LogP contribution in [-0.2, 0) is 10.2 Å². The summed E-state index contributed by atoms with van der Waals surface area (Å²) < 4.78 is 0. The first-order chi connectivity index (χ1) is 15.2. The average molecular weight is 451 g/mol. The minimum atomic E-state index is -0.655. The molecule has 0 heterocycles. The van der Waals surface area contributed by atoms with Crippen LogP contribution in [0.2, 0.25) is 0 Å². The van der Waals surface area contributed by atoms with Crippen LogP contribution >= 0.6 is 0 Å². The van der Waals surface area contributed by atoms with E-state index in [1.54, 1.807) is 6.07 Å². The number of allylic oxidation sites excluding steroid dienone is 2. The largest absolute Gasteiger partial charge is 0.504 e. The lowest BCUT2D eigenvalue weighted by atomic mass is 9.35. The molecule has 1 aromatic rings. The van der Waals surface area contributed by atoms with Gasteiger partial charge >= 0.3 is 5.97 Å². The number of aromatic hydroxyl groups is 2. The molecule has 1 aromatic carbocycles. The highest BCUT2D eigenvalue weighted by atomic mass is 16.4. The second kappa shape index (κ2) is 6.46. The summed E-state index contributed by atoms with van der Waals surface area (Å²) in [6.07, 6.45) is 11.0. The quantitative estimate of drug-likeness (QED) is 0.527. The van der Waals surface area contributed by atoms with Gasteiger partial charge in [-0.3, -0.25) is 4.79 Å². The molecule has 4 nitrogen and oxygen atoms in total. The minimum Gasteiger partial charge on any atom is -0.504 e. The molecule has 3 N–H and O–H groups in total. The van der Waals surface area contributed by atoms with Crippen molar-refractivity contribution in [2.75, 3.05) is 0 Å². The first-order valence-corrected chi connectivity index (χ1v) is 12.4. The van der Waals surface area contributed by atoms with Crippen molar-refractivity contribution in [1.29, 1.82) is 0 Å². The highest BCUT2D eigenvalue weighted by Crippen LogP contribution is 2.74. The summed E-state index contributed by atoms with van der Waals surface area (Å²) in [6, 6.07) is 1.74. The van der Waals surface area contributed by atoms with Crippen molar-refractivity contribution in [2.24, 2.45) is 27.6 Å². The second-order valence-electron chi connectivity index (χ2n) is 12.8. The van der Waals surface area contributed by atoms with Gasteiger partial charge in [0.15, 0.2) is 11.5 Å². The van der Waals surface area contributed by atoms with Crippen LogP contribution in [-0.4, -0.2) is 21.3 Å². The minimum absolute atomic E-state index is 0.0000746. The maximum Gasteiger partial charge on any atom is 0.309 e. The lowest BCUT2D eigenvalue weighted by Crippen LogP contribution is -2.63. The zero-order chi connectivity index (χ0) is 24.2. The molecule has 178 valence electrons. The number of phenols is 2. The molecule has 3 saturated carbocycles. The Balaban J connectivity index is 1.68. The highest BCUT2D eigenvalue weighted by Gasteiger charge is 2.66. The van der Waals surface area contributed by atoms with Crippen molar-refractivity contribution in [3.05, 3.63) is 33.7 Å². The fraction of sp³-hybridized carbons (Fsp3) is 0.621. The van der Waals surface area contributed by atoms with Crippen molar-refractivity contribution in [3.8, 4) is 11.5 Å². The predicted molar refractivity (Wildman–Crippen MR) is 130 cm³/mol. The summed E-state index contributed by atoms with van der Waals surface area (Å²) in [5.41, 5.74) is 1.66. The molecule has 0 aromatic heterocycles. The molecule has 4 aliphatic carbocycles. The Bertz CT molecular complexity index is 1210. The van der Waals surface area contributed by atoms with Gasteiger partial charge in [0.25, 0.3) is 0 Å². The van der Waals surface area contributed by atoms with E-state index in [2.05, 4.69) is 46.4 Å². The normalized spacial score (nSPS) is 43.8. The first kappa shape index (κ1) is 22.6. The van der Waals surface area contributed by atoms with Gasteiger partial charge in [0.1, 0.15) is 0 Å². The standard InChI is InChI=1S/C29H38O4/c1-17-18-7-8-21-27(4,19(18)15-20(30)23(17)31)12-14-29(6)22-16-26(3,24(32)33)10-9-25(22,2)11-13-28(21,29)5/h7-8,15,22,30-31H,1,9-14,16H2,2-6H3,(H,32,33)/t22?,25?,26-,27?,28?,29+/m1/s1. The molecule has 4 unspecified atom stereocenters. The van der Waals surface area contributed by atoms with E-state index in [9.17, 15) is 20.1 Å². The Morgan fingerprint density at radius 2 is 1.64 bits per heavy atom. The Labute approximate surface area is 196 Å². The van der Waals surface area contributed by atoms with E-state index in [1.165, 1.54) is 5.57 Å². The number of hydrogen-bond donors (Lipinski definition) is 3. The molecule has 0 spiro atoms. The highest BCUT2D eigenvalue weighted by molar-refractivity contribution is 5.74. The third-order valence-corrected chi connectivity index (χ3v) is 11.3. The van der Waals surface area contributed by atoms with E-state index in [-0.39, 0.29) is 33.2 Å². The maximum absolute atomic E-state index is 12.2. The van der Waals surface area contributed by atoms with Gasteiger partial charge in [0.05, 0.1) is 5.41 Å². The number of benzene rings is 1. The van der Waals surface area contributed by atoms with Gasteiger partial charge in [-0.05, 0) is 90.9 Å². The fourth-order valence-electron chi connectivity index (χ4n) is 8.56. The van der Waals surface area contributed by atoms with Crippen LogP contribution in [0.5, 0.6) is 11.5 Å². The van der Waals surface area contributed by atoms with E-state index in [0.717, 1.165) is 55.7 Å². The number of aliphatic carboxylic acids is 1. The monoisotopic (exact) mass is 450 g/mol. The molecule has 0 bridgehead atoms. The third-order valence-electron chi connectivity index (χ3n) is 11.3. The Kier molecular flexibility index (Phi) is 4.41. The van der Waals surface area contributed by atoms with Crippen molar-refractivity contribution in [3.63, 3.8) is 0 Å². The molecule has 0 radical (unpaired) electrons. The summed E-state index contributed by atoms with van der Waals surface area (Å²) >= 11 is 0. The first-order valence-electron chi connectivity index (χ1n) is 12.4. The Hall–Kier alpha value is -2.23. The molecule has 5 rings (SSSR count). The third kappa shape index (κ3) is 2.61. The molecule has 4 aliphatic rings. The average Bonchev–Trinajstić information content (AvgIpc) is 2.75. The summed E-state index contributed by atoms with van der Waals surface area (Å²) in [6.45, 7) is 15.5. The zero-order valence-corrected chi connectivity index (χ0v) is 20.7. The van der Waals surface area contributed by atoms with Crippen LogP contribution in [0.15, 0.2) is 17.7 Å². The molecule has 0 saturated heterocycles. The topological polar surface area (TPSA) is 77.8 Å². The summed E-state index contributed by atoms with van der Waals surface area (Å²) in [5.74, 6) is -0.546. The molecule has 33 heavy (non-hydrogen) atoms.